The van der Waals surface area contributed by atoms with Crippen LogP contribution >= 0.6 is 15.9 Å². The molecule has 0 N–H and O–H groups in total. The van der Waals surface area contributed by atoms with E-state index in [-0.39, 0.29) is 0 Å². The Labute approximate surface area is 131 Å². The predicted octanol–water partition coefficient (Wildman–Crippen LogP) is 5.27. The van der Waals surface area contributed by atoms with Gasteiger partial charge in [0.05, 0.1) is 14.2 Å². The molecule has 1 aromatic carbocycles. The number of ether oxygens (including phenoxy) is 2. The molecule has 1 saturated carbocycles. The summed E-state index contributed by atoms with van der Waals surface area (Å²) in [6.45, 7) is 4.51. The van der Waals surface area contributed by atoms with Gasteiger partial charge < -0.3 is 9.47 Å². The summed E-state index contributed by atoms with van der Waals surface area (Å²) in [4.78, 5) is 0.412. The Bertz CT molecular complexity index is 451. The summed E-state index contributed by atoms with van der Waals surface area (Å²) in [7, 11) is 3.38. The molecule has 1 aromatic rings. The van der Waals surface area contributed by atoms with Crippen LogP contribution in [0.1, 0.15) is 48.6 Å². The maximum atomic E-state index is 5.44. The molecule has 112 valence electrons. The van der Waals surface area contributed by atoms with Gasteiger partial charge in [0.15, 0.2) is 11.5 Å². The molecule has 1 atom stereocenters. The molecule has 0 heterocycles. The zero-order valence-electron chi connectivity index (χ0n) is 12.9. The minimum Gasteiger partial charge on any atom is -0.493 e. The van der Waals surface area contributed by atoms with Crippen molar-refractivity contribution in [1.29, 1.82) is 0 Å². The molecule has 1 fully saturated rings. The topological polar surface area (TPSA) is 18.5 Å². The molecule has 0 aromatic heterocycles. The molecule has 0 spiro atoms. The fourth-order valence-corrected chi connectivity index (χ4v) is 4.15. The number of methoxy groups -OCH3 is 2. The van der Waals surface area contributed by atoms with E-state index in [1.807, 2.05) is 0 Å². The van der Waals surface area contributed by atoms with Crippen molar-refractivity contribution < 1.29 is 9.47 Å². The molecular weight excluding hydrogens is 316 g/mol. The number of hydrogen-bond donors (Lipinski definition) is 0. The first-order chi connectivity index (χ1) is 9.56. The number of aryl methyl sites for hydroxylation is 1. The van der Waals surface area contributed by atoms with Crippen LogP contribution in [0.5, 0.6) is 11.5 Å². The van der Waals surface area contributed by atoms with Gasteiger partial charge in [-0.05, 0) is 54.9 Å². The molecule has 20 heavy (non-hydrogen) atoms. The van der Waals surface area contributed by atoms with Crippen LogP contribution in [0, 0.1) is 18.8 Å². The highest BCUT2D eigenvalue weighted by molar-refractivity contribution is 9.09. The number of benzene rings is 1. The van der Waals surface area contributed by atoms with Gasteiger partial charge in [-0.2, -0.15) is 0 Å². The zero-order valence-corrected chi connectivity index (χ0v) is 14.5. The van der Waals surface area contributed by atoms with Crippen molar-refractivity contribution in [2.75, 3.05) is 14.2 Å². The van der Waals surface area contributed by atoms with Gasteiger partial charge in [0, 0.05) is 4.83 Å². The van der Waals surface area contributed by atoms with E-state index >= 15 is 0 Å². The van der Waals surface area contributed by atoms with E-state index in [2.05, 4.69) is 41.9 Å². The Hall–Kier alpha value is -0.700. The van der Waals surface area contributed by atoms with Gasteiger partial charge >= 0.3 is 0 Å². The van der Waals surface area contributed by atoms with Crippen LogP contribution < -0.4 is 9.47 Å². The third-order valence-electron chi connectivity index (χ3n) is 4.54. The second kappa shape index (κ2) is 6.84. The lowest BCUT2D eigenvalue weighted by atomic mass is 9.79. The summed E-state index contributed by atoms with van der Waals surface area (Å²) in [5, 5.41) is 0. The molecule has 1 aliphatic carbocycles. The molecule has 0 bridgehead atoms. The van der Waals surface area contributed by atoms with Crippen LogP contribution in [0.3, 0.4) is 0 Å². The minimum atomic E-state index is 0.412. The maximum Gasteiger partial charge on any atom is 0.161 e. The molecule has 0 saturated heterocycles. The lowest BCUT2D eigenvalue weighted by Crippen LogP contribution is -2.17. The van der Waals surface area contributed by atoms with E-state index in [9.17, 15) is 0 Å². The zero-order chi connectivity index (χ0) is 14.7. The third kappa shape index (κ3) is 3.30. The second-order valence-corrected chi connectivity index (χ2v) is 6.97. The SMILES string of the molecule is COc1cc(C)c(C(Br)C2CCC(C)CC2)cc1OC. The quantitative estimate of drug-likeness (QED) is 0.694. The maximum absolute atomic E-state index is 5.44. The van der Waals surface area contributed by atoms with E-state index in [4.69, 9.17) is 9.47 Å². The van der Waals surface area contributed by atoms with Crippen molar-refractivity contribution >= 4 is 15.9 Å². The predicted molar refractivity (Wildman–Crippen MR) is 87.1 cm³/mol. The largest absolute Gasteiger partial charge is 0.493 e. The summed E-state index contributed by atoms with van der Waals surface area (Å²) in [6, 6.07) is 4.21. The molecular formula is C17H25BrO2. The first-order valence-corrected chi connectivity index (χ1v) is 8.35. The van der Waals surface area contributed by atoms with Crippen molar-refractivity contribution in [2.24, 2.45) is 11.8 Å². The molecule has 0 aliphatic heterocycles. The number of hydrogen-bond acceptors (Lipinski definition) is 2. The van der Waals surface area contributed by atoms with Crippen LogP contribution in [-0.2, 0) is 0 Å². The summed E-state index contributed by atoms with van der Waals surface area (Å²) in [5.41, 5.74) is 2.60. The Morgan fingerprint density at radius 2 is 1.60 bits per heavy atom. The van der Waals surface area contributed by atoms with E-state index in [0.717, 1.165) is 23.3 Å². The van der Waals surface area contributed by atoms with Gasteiger partial charge in [-0.15, -0.1) is 0 Å². The average molecular weight is 341 g/mol. The number of alkyl halides is 1. The van der Waals surface area contributed by atoms with Crippen LogP contribution in [0.4, 0.5) is 0 Å². The van der Waals surface area contributed by atoms with Gasteiger partial charge in [-0.25, -0.2) is 0 Å². The van der Waals surface area contributed by atoms with Crippen molar-refractivity contribution in [2.45, 2.75) is 44.4 Å². The standard InChI is InChI=1S/C17H25BrO2/c1-11-5-7-13(8-6-11)17(18)14-10-16(20-4)15(19-3)9-12(14)2/h9-11,13,17H,5-8H2,1-4H3. The molecule has 2 rings (SSSR count). The second-order valence-electron chi connectivity index (χ2n) is 5.99. The summed E-state index contributed by atoms with van der Waals surface area (Å²) in [5.74, 6) is 3.24. The van der Waals surface area contributed by atoms with E-state index in [1.54, 1.807) is 14.2 Å². The van der Waals surface area contributed by atoms with Crippen LogP contribution in [0.15, 0.2) is 12.1 Å². The van der Waals surface area contributed by atoms with Crippen molar-refractivity contribution in [3.8, 4) is 11.5 Å². The van der Waals surface area contributed by atoms with Crippen LogP contribution in [-0.4, -0.2) is 14.2 Å². The highest BCUT2D eigenvalue weighted by Gasteiger charge is 2.27. The molecule has 2 nitrogen and oxygen atoms in total. The molecule has 3 heteroatoms. The van der Waals surface area contributed by atoms with Gasteiger partial charge in [-0.3, -0.25) is 0 Å². The van der Waals surface area contributed by atoms with Crippen LogP contribution in [0.2, 0.25) is 0 Å². The Morgan fingerprint density at radius 3 is 2.15 bits per heavy atom. The van der Waals surface area contributed by atoms with Gasteiger partial charge in [0.1, 0.15) is 0 Å². The third-order valence-corrected chi connectivity index (χ3v) is 5.78. The Balaban J connectivity index is 2.23. The summed E-state index contributed by atoms with van der Waals surface area (Å²) < 4.78 is 10.8. The summed E-state index contributed by atoms with van der Waals surface area (Å²) in [6.07, 6.45) is 5.31. The Kier molecular flexibility index (Phi) is 5.36. The van der Waals surface area contributed by atoms with Crippen LogP contribution in [0.25, 0.3) is 0 Å². The first-order valence-electron chi connectivity index (χ1n) is 7.43. The lowest BCUT2D eigenvalue weighted by Gasteiger charge is -2.31. The highest BCUT2D eigenvalue weighted by Crippen LogP contribution is 2.44. The van der Waals surface area contributed by atoms with E-state index < -0.39 is 0 Å². The average Bonchev–Trinajstić information content (AvgIpc) is 2.47. The van der Waals surface area contributed by atoms with E-state index in [0.29, 0.717) is 4.83 Å². The fraction of sp³-hybridized carbons (Fsp3) is 0.647. The first kappa shape index (κ1) is 15.7. The monoisotopic (exact) mass is 340 g/mol. The van der Waals surface area contributed by atoms with Gasteiger partial charge in [0.25, 0.3) is 0 Å². The fourth-order valence-electron chi connectivity index (χ4n) is 3.13. The molecule has 1 unspecified atom stereocenters. The molecule has 1 aliphatic rings. The van der Waals surface area contributed by atoms with Crippen molar-refractivity contribution in [1.82, 2.24) is 0 Å². The summed E-state index contributed by atoms with van der Waals surface area (Å²) >= 11 is 3.93. The Morgan fingerprint density at radius 1 is 1.05 bits per heavy atom. The van der Waals surface area contributed by atoms with Gasteiger partial charge in [0.2, 0.25) is 0 Å². The van der Waals surface area contributed by atoms with E-state index in [1.165, 1.54) is 36.8 Å². The van der Waals surface area contributed by atoms with Crippen molar-refractivity contribution in [3.63, 3.8) is 0 Å². The number of rotatable bonds is 4. The number of halogens is 1. The highest BCUT2D eigenvalue weighted by atomic mass is 79.9. The van der Waals surface area contributed by atoms with Gasteiger partial charge in [-0.1, -0.05) is 35.7 Å². The minimum absolute atomic E-state index is 0.412. The smallest absolute Gasteiger partial charge is 0.161 e. The van der Waals surface area contributed by atoms with Crippen molar-refractivity contribution in [3.05, 3.63) is 23.3 Å². The molecule has 0 amide bonds. The normalized spacial score (nSPS) is 24.2. The molecule has 0 radical (unpaired) electrons. The lowest BCUT2D eigenvalue weighted by molar-refractivity contribution is 0.287.